The molecule has 0 spiro atoms. The summed E-state index contributed by atoms with van der Waals surface area (Å²) in [7, 11) is 0. The molecule has 7 nitrogen and oxygen atoms in total. The largest absolute Gasteiger partial charge is 0.508 e. The minimum Gasteiger partial charge on any atom is -0.508 e. The van der Waals surface area contributed by atoms with Crippen LogP contribution in [-0.2, 0) is 19.2 Å². The monoisotopic (exact) mass is 620 g/mol. The molecule has 2 amide bonds. The van der Waals surface area contributed by atoms with Crippen LogP contribution in [0.1, 0.15) is 24.3 Å². The molecule has 42 heavy (non-hydrogen) atoms. The Morgan fingerprint density at radius 1 is 0.810 bits per heavy atom. The van der Waals surface area contributed by atoms with Crippen molar-refractivity contribution in [3.05, 3.63) is 118 Å². The molecule has 3 aliphatic carbocycles. The second kappa shape index (κ2) is 10.1. The van der Waals surface area contributed by atoms with Gasteiger partial charge < -0.3 is 10.4 Å². The fraction of sp³-hybridized carbons (Fsp3) is 0.176. The molecule has 4 aliphatic rings. The third-order valence-corrected chi connectivity index (χ3v) is 9.33. The minimum atomic E-state index is -0.652. The van der Waals surface area contributed by atoms with Gasteiger partial charge in [0.1, 0.15) is 5.75 Å². The molecule has 1 saturated heterocycles. The maximum atomic E-state index is 14.1. The van der Waals surface area contributed by atoms with Crippen molar-refractivity contribution in [1.82, 2.24) is 0 Å². The number of allylic oxidation sites excluding steroid dienone is 6. The molecule has 0 radical (unpaired) electrons. The predicted molar refractivity (Wildman–Crippen MR) is 161 cm³/mol. The smallest absolute Gasteiger partial charge is 0.238 e. The molecule has 0 saturated carbocycles. The molecule has 1 aliphatic heterocycles. The van der Waals surface area contributed by atoms with Gasteiger partial charge in [-0.15, -0.1) is 0 Å². The van der Waals surface area contributed by atoms with Crippen molar-refractivity contribution in [2.75, 3.05) is 10.2 Å². The summed E-state index contributed by atoms with van der Waals surface area (Å²) in [5, 5.41) is 13.2. The number of fused-ring (bicyclic) bond motifs is 3. The van der Waals surface area contributed by atoms with Crippen molar-refractivity contribution in [2.45, 2.75) is 18.8 Å². The summed E-state index contributed by atoms with van der Waals surface area (Å²) >= 11 is 3.25. The number of hydrogen-bond donors (Lipinski definition) is 2. The number of phenols is 1. The number of rotatable bonds is 4. The number of anilines is 3. The van der Waals surface area contributed by atoms with E-state index in [0.29, 0.717) is 23.3 Å². The van der Waals surface area contributed by atoms with E-state index in [1.807, 2.05) is 48.5 Å². The first-order valence-electron chi connectivity index (χ1n) is 13.8. The van der Waals surface area contributed by atoms with Crippen molar-refractivity contribution >= 4 is 56.4 Å². The van der Waals surface area contributed by atoms with E-state index in [0.717, 1.165) is 22.5 Å². The van der Waals surface area contributed by atoms with Gasteiger partial charge >= 0.3 is 0 Å². The Bertz CT molecular complexity index is 1760. The van der Waals surface area contributed by atoms with Gasteiger partial charge in [0.25, 0.3) is 0 Å². The van der Waals surface area contributed by atoms with Gasteiger partial charge in [0.2, 0.25) is 11.8 Å². The lowest BCUT2D eigenvalue weighted by atomic mass is 9.59. The first-order valence-corrected chi connectivity index (χ1v) is 14.6. The standard InChI is InChI=1S/C34H25BrN2O5/c35-27-17-28(39)31-26(32(27)40)16-25-23(29(31)18-6-12-22(38)13-7-18)14-15-24-30(25)34(42)37(33(24)41)21-10-8-20(9-11-21)36-19-4-2-1-3-5-19/h1-14,17,24-25,29-30,36,38H,15-16H2/t24-,25+,29-,30-/m0/s1. The number of carbonyl (C=O) groups excluding carboxylic acids is 4. The maximum Gasteiger partial charge on any atom is 0.238 e. The van der Waals surface area contributed by atoms with Gasteiger partial charge in [-0.05, 0) is 88.8 Å². The molecule has 4 atom stereocenters. The van der Waals surface area contributed by atoms with Gasteiger partial charge in [-0.2, -0.15) is 0 Å². The van der Waals surface area contributed by atoms with Crippen molar-refractivity contribution in [3.63, 3.8) is 0 Å². The number of aromatic hydroxyl groups is 1. The Labute approximate surface area is 250 Å². The lowest BCUT2D eigenvalue weighted by molar-refractivity contribution is -0.123. The number of nitrogens with zero attached hydrogens (tertiary/aromatic N) is 1. The van der Waals surface area contributed by atoms with Gasteiger partial charge in [0, 0.05) is 34.5 Å². The first kappa shape index (κ1) is 26.3. The van der Waals surface area contributed by atoms with E-state index in [1.165, 1.54) is 11.0 Å². The van der Waals surface area contributed by atoms with Crippen LogP contribution in [0.15, 0.2) is 112 Å². The summed E-state index contributed by atoms with van der Waals surface area (Å²) in [6.07, 6.45) is 3.87. The van der Waals surface area contributed by atoms with Crippen LogP contribution < -0.4 is 10.2 Å². The molecule has 1 fully saturated rings. The van der Waals surface area contributed by atoms with E-state index in [2.05, 4.69) is 21.2 Å². The van der Waals surface area contributed by atoms with E-state index in [1.54, 1.807) is 36.4 Å². The fourth-order valence-corrected chi connectivity index (χ4v) is 7.34. The van der Waals surface area contributed by atoms with Crippen LogP contribution in [0.3, 0.4) is 0 Å². The van der Waals surface area contributed by atoms with Gasteiger partial charge in [0.05, 0.1) is 22.0 Å². The Morgan fingerprint density at radius 2 is 1.50 bits per heavy atom. The molecule has 2 N–H and O–H groups in total. The molecule has 0 bridgehead atoms. The van der Waals surface area contributed by atoms with E-state index in [-0.39, 0.29) is 40.0 Å². The van der Waals surface area contributed by atoms with Crippen molar-refractivity contribution in [3.8, 4) is 5.75 Å². The molecule has 3 aromatic carbocycles. The van der Waals surface area contributed by atoms with Gasteiger partial charge in [0.15, 0.2) is 11.6 Å². The van der Waals surface area contributed by atoms with Gasteiger partial charge in [-0.25, -0.2) is 0 Å². The molecule has 0 unspecified atom stereocenters. The zero-order valence-corrected chi connectivity index (χ0v) is 23.9. The number of hydrogen-bond acceptors (Lipinski definition) is 6. The SMILES string of the molecule is O=C1C=C(Br)C(=O)C2=C1[C@@H](c1ccc(O)cc1)C1=CC[C@@H]3C(=O)N(c4ccc(Nc5ccccc5)cc4)C(=O)[C@@H]3[C@@H]1C2. The molecule has 8 heteroatoms. The van der Waals surface area contributed by atoms with Crippen molar-refractivity contribution in [2.24, 2.45) is 17.8 Å². The number of halogens is 1. The summed E-state index contributed by atoms with van der Waals surface area (Å²) in [6.45, 7) is 0. The Hall–Kier alpha value is -4.56. The van der Waals surface area contributed by atoms with Crippen LogP contribution in [0.5, 0.6) is 5.75 Å². The number of amides is 2. The van der Waals surface area contributed by atoms with E-state index in [9.17, 15) is 24.3 Å². The third-order valence-electron chi connectivity index (χ3n) is 8.75. The normalized spacial score (nSPS) is 25.0. The number of carbonyl (C=O) groups is 4. The average Bonchev–Trinajstić information content (AvgIpc) is 3.26. The van der Waals surface area contributed by atoms with Crippen LogP contribution >= 0.6 is 15.9 Å². The number of nitrogens with one attached hydrogen (secondary N) is 1. The predicted octanol–water partition coefficient (Wildman–Crippen LogP) is 6.10. The first-order chi connectivity index (χ1) is 20.3. The number of ketones is 2. The van der Waals surface area contributed by atoms with Gasteiger partial charge in [-0.3, -0.25) is 24.1 Å². The molecular weight excluding hydrogens is 596 g/mol. The topological polar surface area (TPSA) is 104 Å². The van der Waals surface area contributed by atoms with Crippen molar-refractivity contribution < 1.29 is 24.3 Å². The third kappa shape index (κ3) is 4.17. The Balaban J connectivity index is 1.24. The van der Waals surface area contributed by atoms with Crippen LogP contribution in [0.25, 0.3) is 0 Å². The molecule has 7 rings (SSSR count). The lowest BCUT2D eigenvalue weighted by Gasteiger charge is -2.42. The number of benzene rings is 3. The number of Topliss-reactive ketones (excluding diaryl/α,β-unsaturated/α-hetero) is 1. The molecule has 3 aromatic rings. The number of imide groups is 1. The van der Waals surface area contributed by atoms with Crippen molar-refractivity contribution in [1.29, 1.82) is 0 Å². The average molecular weight is 621 g/mol. The number of phenolic OH excluding ortho intramolecular Hbond substituents is 1. The van der Waals surface area contributed by atoms with Crippen LogP contribution in [0, 0.1) is 17.8 Å². The van der Waals surface area contributed by atoms with E-state index >= 15 is 0 Å². The molecule has 1 heterocycles. The molecular formula is C34H25BrN2O5. The summed E-state index contributed by atoms with van der Waals surface area (Å²) in [4.78, 5) is 55.7. The maximum absolute atomic E-state index is 14.1. The lowest BCUT2D eigenvalue weighted by Crippen LogP contribution is -2.39. The summed E-state index contributed by atoms with van der Waals surface area (Å²) in [5.74, 6) is -3.15. The second-order valence-corrected chi connectivity index (χ2v) is 11.9. The molecule has 208 valence electrons. The molecule has 0 aromatic heterocycles. The quantitative estimate of drug-likeness (QED) is 0.207. The number of para-hydroxylation sites is 1. The van der Waals surface area contributed by atoms with E-state index < -0.39 is 23.7 Å². The zero-order chi connectivity index (χ0) is 29.1. The highest BCUT2D eigenvalue weighted by molar-refractivity contribution is 9.12. The Morgan fingerprint density at radius 3 is 2.21 bits per heavy atom. The second-order valence-electron chi connectivity index (χ2n) is 11.0. The Kier molecular flexibility index (Phi) is 6.31. The fourth-order valence-electron chi connectivity index (χ4n) is 6.89. The van der Waals surface area contributed by atoms with Crippen LogP contribution in [-0.4, -0.2) is 28.5 Å². The summed E-state index contributed by atoms with van der Waals surface area (Å²) in [6, 6.07) is 23.5. The van der Waals surface area contributed by atoms with E-state index in [4.69, 9.17) is 0 Å². The highest BCUT2D eigenvalue weighted by Gasteiger charge is 2.56. The highest BCUT2D eigenvalue weighted by atomic mass is 79.9. The summed E-state index contributed by atoms with van der Waals surface area (Å²) in [5.41, 5.74) is 4.66. The summed E-state index contributed by atoms with van der Waals surface area (Å²) < 4.78 is 0.190. The minimum absolute atomic E-state index is 0.0869. The zero-order valence-electron chi connectivity index (χ0n) is 22.3. The van der Waals surface area contributed by atoms with Crippen LogP contribution in [0.2, 0.25) is 0 Å². The van der Waals surface area contributed by atoms with Crippen LogP contribution in [0.4, 0.5) is 17.1 Å². The highest BCUT2D eigenvalue weighted by Crippen LogP contribution is 2.55. The van der Waals surface area contributed by atoms with Gasteiger partial charge in [-0.1, -0.05) is 42.0 Å².